The lowest BCUT2D eigenvalue weighted by Crippen LogP contribution is -2.27. The van der Waals surface area contributed by atoms with Crippen LogP contribution in [0.1, 0.15) is 44.2 Å². The van der Waals surface area contributed by atoms with Crippen LogP contribution in [0, 0.1) is 11.8 Å². The van der Waals surface area contributed by atoms with Gasteiger partial charge in [0, 0.05) is 30.8 Å². The second-order valence-corrected chi connectivity index (χ2v) is 7.24. The lowest BCUT2D eigenvalue weighted by atomic mass is 9.83. The van der Waals surface area contributed by atoms with Crippen LogP contribution in [0.5, 0.6) is 0 Å². The van der Waals surface area contributed by atoms with E-state index in [4.69, 9.17) is 0 Å². The summed E-state index contributed by atoms with van der Waals surface area (Å²) in [6, 6.07) is 2.26. The minimum Gasteiger partial charge on any atom is -0.356 e. The first-order valence-corrected chi connectivity index (χ1v) is 8.73. The van der Waals surface area contributed by atoms with Crippen molar-refractivity contribution in [3.8, 4) is 0 Å². The van der Waals surface area contributed by atoms with Crippen LogP contribution in [0.2, 0.25) is 0 Å². The van der Waals surface area contributed by atoms with Crippen molar-refractivity contribution in [3.63, 3.8) is 0 Å². The SMILES string of the molecule is CC1=CC[C@@H]2CN(c3cc(C4CCNCC4)ncn3)C[C@@H]2C1. The maximum absolute atomic E-state index is 4.58. The molecule has 1 N–H and O–H groups in total. The molecule has 3 aliphatic rings. The standard InChI is InChI=1S/C18H26N4/c1-13-2-3-15-10-22(11-16(15)8-13)18-9-17(20-12-21-18)14-4-6-19-7-5-14/h2,9,12,14-16,19H,3-8,10-11H2,1H3/t15-,16+/m1/s1. The third kappa shape index (κ3) is 2.76. The van der Waals surface area contributed by atoms with Gasteiger partial charge in [0.05, 0.1) is 0 Å². The Morgan fingerprint density at radius 1 is 1.14 bits per heavy atom. The Bertz CT molecular complexity index is 562. The number of allylic oxidation sites excluding steroid dienone is 2. The molecule has 0 radical (unpaired) electrons. The second-order valence-electron chi connectivity index (χ2n) is 7.24. The van der Waals surface area contributed by atoms with Gasteiger partial charge in [0.25, 0.3) is 0 Å². The highest BCUT2D eigenvalue weighted by atomic mass is 15.2. The number of rotatable bonds is 2. The van der Waals surface area contributed by atoms with E-state index in [1.165, 1.54) is 37.9 Å². The fourth-order valence-electron chi connectivity index (χ4n) is 4.35. The summed E-state index contributed by atoms with van der Waals surface area (Å²) in [7, 11) is 0. The largest absolute Gasteiger partial charge is 0.356 e. The van der Waals surface area contributed by atoms with E-state index < -0.39 is 0 Å². The minimum atomic E-state index is 0.608. The topological polar surface area (TPSA) is 41.0 Å². The number of nitrogens with one attached hydrogen (secondary N) is 1. The van der Waals surface area contributed by atoms with Gasteiger partial charge >= 0.3 is 0 Å². The molecule has 0 amide bonds. The molecule has 0 aromatic carbocycles. The number of piperidine rings is 1. The summed E-state index contributed by atoms with van der Waals surface area (Å²) in [5.74, 6) is 3.40. The van der Waals surface area contributed by atoms with Crippen molar-refractivity contribution in [2.45, 2.75) is 38.5 Å². The number of fused-ring (bicyclic) bond motifs is 1. The third-order valence-corrected chi connectivity index (χ3v) is 5.68. The van der Waals surface area contributed by atoms with E-state index in [2.05, 4.69) is 39.3 Å². The van der Waals surface area contributed by atoms with Crippen molar-refractivity contribution in [1.29, 1.82) is 0 Å². The predicted molar refractivity (Wildman–Crippen MR) is 89.1 cm³/mol. The van der Waals surface area contributed by atoms with Gasteiger partial charge < -0.3 is 10.2 Å². The van der Waals surface area contributed by atoms with Crippen molar-refractivity contribution in [2.24, 2.45) is 11.8 Å². The number of hydrogen-bond acceptors (Lipinski definition) is 4. The Morgan fingerprint density at radius 2 is 1.95 bits per heavy atom. The highest BCUT2D eigenvalue weighted by molar-refractivity contribution is 5.42. The summed E-state index contributed by atoms with van der Waals surface area (Å²) in [5, 5.41) is 3.43. The molecule has 4 nitrogen and oxygen atoms in total. The molecule has 0 saturated carbocycles. The maximum Gasteiger partial charge on any atom is 0.132 e. The molecule has 0 bridgehead atoms. The van der Waals surface area contributed by atoms with Gasteiger partial charge in [0.2, 0.25) is 0 Å². The van der Waals surface area contributed by atoms with E-state index in [9.17, 15) is 0 Å². The van der Waals surface area contributed by atoms with Gasteiger partial charge in [0.1, 0.15) is 12.1 Å². The average molecular weight is 298 g/mol. The maximum atomic E-state index is 4.58. The van der Waals surface area contributed by atoms with Crippen molar-refractivity contribution >= 4 is 5.82 Å². The molecule has 2 aliphatic heterocycles. The van der Waals surface area contributed by atoms with Gasteiger partial charge in [-0.2, -0.15) is 0 Å². The molecule has 0 spiro atoms. The molecule has 1 aromatic heterocycles. The Morgan fingerprint density at radius 3 is 2.82 bits per heavy atom. The van der Waals surface area contributed by atoms with Gasteiger partial charge in [-0.1, -0.05) is 11.6 Å². The summed E-state index contributed by atoms with van der Waals surface area (Å²) in [4.78, 5) is 11.6. The van der Waals surface area contributed by atoms with Crippen LogP contribution in [-0.2, 0) is 0 Å². The van der Waals surface area contributed by atoms with Gasteiger partial charge in [-0.05, 0) is 57.5 Å². The average Bonchev–Trinajstić information content (AvgIpc) is 2.99. The van der Waals surface area contributed by atoms with Gasteiger partial charge in [-0.3, -0.25) is 0 Å². The Hall–Kier alpha value is -1.42. The summed E-state index contributed by atoms with van der Waals surface area (Å²) < 4.78 is 0. The van der Waals surface area contributed by atoms with Crippen molar-refractivity contribution in [2.75, 3.05) is 31.1 Å². The van der Waals surface area contributed by atoms with Crippen LogP contribution in [0.4, 0.5) is 5.82 Å². The van der Waals surface area contributed by atoms with Crippen LogP contribution >= 0.6 is 0 Å². The van der Waals surface area contributed by atoms with Gasteiger partial charge in [-0.25, -0.2) is 9.97 Å². The zero-order valence-corrected chi connectivity index (χ0v) is 13.5. The summed E-state index contributed by atoms with van der Waals surface area (Å²) in [6.45, 7) is 6.83. The van der Waals surface area contributed by atoms with Crippen molar-refractivity contribution in [3.05, 3.63) is 29.7 Å². The number of anilines is 1. The molecule has 1 aromatic rings. The molecular weight excluding hydrogens is 272 g/mol. The van der Waals surface area contributed by atoms with Crippen LogP contribution in [0.15, 0.2) is 24.0 Å². The Labute approximate surface area is 133 Å². The lowest BCUT2D eigenvalue weighted by Gasteiger charge is -2.23. The zero-order valence-electron chi connectivity index (χ0n) is 13.5. The monoisotopic (exact) mass is 298 g/mol. The van der Waals surface area contributed by atoms with E-state index in [0.29, 0.717) is 5.92 Å². The molecule has 4 rings (SSSR count). The number of aromatic nitrogens is 2. The normalized spacial score (nSPS) is 29.3. The highest BCUT2D eigenvalue weighted by Gasteiger charge is 2.34. The Balaban J connectivity index is 1.49. The Kier molecular flexibility index (Phi) is 3.87. The van der Waals surface area contributed by atoms with E-state index in [1.807, 2.05) is 0 Å². The van der Waals surface area contributed by atoms with E-state index in [0.717, 1.165) is 37.3 Å². The molecule has 0 unspecified atom stereocenters. The minimum absolute atomic E-state index is 0.608. The first kappa shape index (κ1) is 14.2. The fraction of sp³-hybridized carbons (Fsp3) is 0.667. The van der Waals surface area contributed by atoms with E-state index >= 15 is 0 Å². The molecule has 2 atom stereocenters. The van der Waals surface area contributed by atoms with Crippen LogP contribution < -0.4 is 10.2 Å². The molecule has 2 saturated heterocycles. The molecule has 4 heteroatoms. The summed E-state index contributed by atoms with van der Waals surface area (Å²) in [6.07, 6.45) is 9.13. The van der Waals surface area contributed by atoms with E-state index in [-0.39, 0.29) is 0 Å². The van der Waals surface area contributed by atoms with Gasteiger partial charge in [0.15, 0.2) is 0 Å². The second kappa shape index (κ2) is 5.99. The van der Waals surface area contributed by atoms with Crippen LogP contribution in [0.25, 0.3) is 0 Å². The van der Waals surface area contributed by atoms with Gasteiger partial charge in [-0.15, -0.1) is 0 Å². The molecule has 2 fully saturated rings. The smallest absolute Gasteiger partial charge is 0.132 e. The first-order chi connectivity index (χ1) is 10.8. The van der Waals surface area contributed by atoms with Crippen LogP contribution in [-0.4, -0.2) is 36.1 Å². The van der Waals surface area contributed by atoms with E-state index in [1.54, 1.807) is 11.9 Å². The number of nitrogens with zero attached hydrogens (tertiary/aromatic N) is 3. The molecule has 3 heterocycles. The van der Waals surface area contributed by atoms with Crippen LogP contribution in [0.3, 0.4) is 0 Å². The predicted octanol–water partition coefficient (Wildman–Crippen LogP) is 2.74. The molecule has 1 aliphatic carbocycles. The fourth-order valence-corrected chi connectivity index (χ4v) is 4.35. The lowest BCUT2D eigenvalue weighted by molar-refractivity contribution is 0.400. The summed E-state index contributed by atoms with van der Waals surface area (Å²) >= 11 is 0. The quantitative estimate of drug-likeness (QED) is 0.852. The molecule has 118 valence electrons. The zero-order chi connectivity index (χ0) is 14.9. The molecule has 22 heavy (non-hydrogen) atoms. The third-order valence-electron chi connectivity index (χ3n) is 5.68. The highest BCUT2D eigenvalue weighted by Crippen LogP contribution is 2.37. The van der Waals surface area contributed by atoms with Crippen molar-refractivity contribution in [1.82, 2.24) is 15.3 Å². The first-order valence-electron chi connectivity index (χ1n) is 8.73. The number of hydrogen-bond donors (Lipinski definition) is 1. The van der Waals surface area contributed by atoms with Crippen molar-refractivity contribution < 1.29 is 0 Å². The summed E-state index contributed by atoms with van der Waals surface area (Å²) in [5.41, 5.74) is 2.82. The molecular formula is C18H26N4.